The minimum absolute atomic E-state index is 0.0141. The Hall–Kier alpha value is -0.230. The van der Waals surface area contributed by atoms with Crippen molar-refractivity contribution in [3.05, 3.63) is 0 Å². The minimum atomic E-state index is -2.94. The van der Waals surface area contributed by atoms with Gasteiger partial charge >= 0.3 is 0 Å². The van der Waals surface area contributed by atoms with Gasteiger partial charge in [-0.3, -0.25) is 5.41 Å². The molecule has 0 unspecified atom stereocenters. The summed E-state index contributed by atoms with van der Waals surface area (Å²) in [5.41, 5.74) is 5.14. The normalized spacial score (nSPS) is 11.6. The summed E-state index contributed by atoms with van der Waals surface area (Å²) in [6, 6.07) is 0. The summed E-state index contributed by atoms with van der Waals surface area (Å²) < 4.78 is 23.2. The molecular formula is C11H24N2O2S2. The van der Waals surface area contributed by atoms with Crippen molar-refractivity contribution >= 4 is 26.8 Å². The molecule has 0 spiro atoms. The first kappa shape index (κ1) is 16.8. The van der Waals surface area contributed by atoms with Crippen molar-refractivity contribution < 1.29 is 8.42 Å². The molecule has 0 bridgehead atoms. The summed E-state index contributed by atoms with van der Waals surface area (Å²) >= 11 is 1.09. The summed E-state index contributed by atoms with van der Waals surface area (Å²) in [7, 11) is -2.94. The lowest BCUT2D eigenvalue weighted by molar-refractivity contribution is 0.585. The van der Waals surface area contributed by atoms with Crippen LogP contribution in [0.2, 0.25) is 0 Å². The molecule has 102 valence electrons. The van der Waals surface area contributed by atoms with E-state index in [1.807, 2.05) is 0 Å². The number of unbranched alkanes of at least 4 members (excludes halogenated alkanes) is 5. The average molecular weight is 280 g/mol. The molecule has 0 radical (unpaired) electrons. The minimum Gasteiger partial charge on any atom is -0.379 e. The van der Waals surface area contributed by atoms with E-state index in [1.165, 1.54) is 19.3 Å². The van der Waals surface area contributed by atoms with Gasteiger partial charge in [0.25, 0.3) is 0 Å². The van der Waals surface area contributed by atoms with Crippen LogP contribution in [0.5, 0.6) is 0 Å². The Bertz CT molecular complexity index is 303. The largest absolute Gasteiger partial charge is 0.379 e. The molecule has 0 aromatic heterocycles. The van der Waals surface area contributed by atoms with Gasteiger partial charge in [0.05, 0.1) is 11.5 Å². The highest BCUT2D eigenvalue weighted by molar-refractivity contribution is 8.14. The molecule has 0 saturated carbocycles. The second kappa shape index (κ2) is 9.76. The third-order valence-electron chi connectivity index (χ3n) is 2.46. The molecule has 0 fully saturated rings. The predicted molar refractivity (Wildman–Crippen MR) is 76.4 cm³/mol. The molecule has 3 N–H and O–H groups in total. The highest BCUT2D eigenvalue weighted by atomic mass is 32.2. The zero-order valence-electron chi connectivity index (χ0n) is 10.6. The Morgan fingerprint density at radius 1 is 1.12 bits per heavy atom. The van der Waals surface area contributed by atoms with Crippen LogP contribution in [0.25, 0.3) is 0 Å². The van der Waals surface area contributed by atoms with Gasteiger partial charge in [-0.25, -0.2) is 8.42 Å². The Labute approximate surface area is 109 Å². The van der Waals surface area contributed by atoms with Crippen LogP contribution in [-0.2, 0) is 9.84 Å². The molecule has 0 aromatic rings. The number of amidine groups is 1. The van der Waals surface area contributed by atoms with Gasteiger partial charge in [-0.1, -0.05) is 50.8 Å². The third kappa shape index (κ3) is 12.0. The van der Waals surface area contributed by atoms with Crippen molar-refractivity contribution in [3.63, 3.8) is 0 Å². The highest BCUT2D eigenvalue weighted by Gasteiger charge is 2.10. The Balaban J connectivity index is 3.54. The van der Waals surface area contributed by atoms with Gasteiger partial charge in [0.15, 0.2) is 15.0 Å². The number of nitrogens with two attached hydrogens (primary N) is 1. The second-order valence-electron chi connectivity index (χ2n) is 4.13. The van der Waals surface area contributed by atoms with Gasteiger partial charge in [0.1, 0.15) is 0 Å². The van der Waals surface area contributed by atoms with Crippen LogP contribution in [-0.4, -0.2) is 30.8 Å². The van der Waals surface area contributed by atoms with E-state index in [9.17, 15) is 8.42 Å². The molecule has 0 aliphatic carbocycles. The van der Waals surface area contributed by atoms with Crippen molar-refractivity contribution in [2.75, 3.05) is 17.3 Å². The third-order valence-corrected chi connectivity index (χ3v) is 5.18. The van der Waals surface area contributed by atoms with Crippen molar-refractivity contribution in [1.29, 1.82) is 5.41 Å². The van der Waals surface area contributed by atoms with Crippen LogP contribution in [0.4, 0.5) is 0 Å². The van der Waals surface area contributed by atoms with Crippen LogP contribution in [0.1, 0.15) is 45.4 Å². The smallest absolute Gasteiger partial charge is 0.151 e. The van der Waals surface area contributed by atoms with Crippen molar-refractivity contribution in [3.8, 4) is 0 Å². The summed E-state index contributed by atoms with van der Waals surface area (Å²) in [6.45, 7) is 2.16. The summed E-state index contributed by atoms with van der Waals surface area (Å²) in [4.78, 5) is 0. The van der Waals surface area contributed by atoms with E-state index in [1.54, 1.807) is 0 Å². The molecule has 0 amide bonds. The lowest BCUT2D eigenvalue weighted by atomic mass is 10.1. The van der Waals surface area contributed by atoms with Crippen LogP contribution >= 0.6 is 11.8 Å². The standard InChI is InChI=1S/C11H24N2O2S2/c1-2-3-4-5-6-7-9-17(14,15)10-8-16-11(12)13/h2-10H2,1H3,(H3,12,13). The van der Waals surface area contributed by atoms with Crippen molar-refractivity contribution in [2.24, 2.45) is 5.73 Å². The number of hydrogen-bond donors (Lipinski definition) is 2. The average Bonchev–Trinajstić information content (AvgIpc) is 2.22. The van der Waals surface area contributed by atoms with Gasteiger partial charge in [-0.15, -0.1) is 0 Å². The quantitative estimate of drug-likeness (QED) is 0.365. The molecule has 0 aromatic carbocycles. The summed E-state index contributed by atoms with van der Waals surface area (Å²) in [5.74, 6) is 0.803. The van der Waals surface area contributed by atoms with Gasteiger partial charge in [0.2, 0.25) is 0 Å². The molecule has 0 atom stereocenters. The maximum absolute atomic E-state index is 11.6. The molecule has 0 heterocycles. The monoisotopic (exact) mass is 280 g/mol. The zero-order valence-corrected chi connectivity index (χ0v) is 12.2. The van der Waals surface area contributed by atoms with E-state index in [0.717, 1.165) is 31.0 Å². The SMILES string of the molecule is CCCCCCCCS(=O)(=O)CCSC(=N)N. The fraction of sp³-hybridized carbons (Fsp3) is 0.909. The van der Waals surface area contributed by atoms with E-state index in [4.69, 9.17) is 11.1 Å². The number of hydrogen-bond acceptors (Lipinski definition) is 4. The first-order chi connectivity index (χ1) is 7.98. The number of sulfone groups is 1. The van der Waals surface area contributed by atoms with Gasteiger partial charge in [-0.2, -0.15) is 0 Å². The fourth-order valence-corrected chi connectivity index (χ4v) is 3.90. The highest BCUT2D eigenvalue weighted by Crippen LogP contribution is 2.08. The maximum Gasteiger partial charge on any atom is 0.151 e. The predicted octanol–water partition coefficient (Wildman–Crippen LogP) is 2.39. The molecule has 0 aliphatic heterocycles. The van der Waals surface area contributed by atoms with Gasteiger partial charge in [-0.05, 0) is 6.42 Å². The van der Waals surface area contributed by atoms with Crippen LogP contribution in [0, 0.1) is 5.41 Å². The van der Waals surface area contributed by atoms with E-state index in [2.05, 4.69) is 6.92 Å². The molecule has 0 aliphatic rings. The number of thioether (sulfide) groups is 1. The lowest BCUT2D eigenvalue weighted by Gasteiger charge is -2.04. The van der Waals surface area contributed by atoms with Gasteiger partial charge < -0.3 is 5.73 Å². The van der Waals surface area contributed by atoms with Crippen LogP contribution < -0.4 is 5.73 Å². The van der Waals surface area contributed by atoms with E-state index >= 15 is 0 Å². The van der Waals surface area contributed by atoms with Crippen LogP contribution in [0.15, 0.2) is 0 Å². The molecule has 0 rings (SSSR count). The van der Waals surface area contributed by atoms with E-state index in [0.29, 0.717) is 5.75 Å². The first-order valence-electron chi connectivity index (χ1n) is 6.15. The zero-order chi connectivity index (χ0) is 13.1. The molecular weight excluding hydrogens is 256 g/mol. The Morgan fingerprint density at radius 2 is 1.71 bits per heavy atom. The lowest BCUT2D eigenvalue weighted by Crippen LogP contribution is -2.15. The Kier molecular flexibility index (Phi) is 9.63. The number of rotatable bonds is 10. The maximum atomic E-state index is 11.6. The van der Waals surface area contributed by atoms with Crippen LogP contribution in [0.3, 0.4) is 0 Å². The summed E-state index contributed by atoms with van der Waals surface area (Å²) in [5, 5.41) is 6.97. The topological polar surface area (TPSA) is 84.0 Å². The first-order valence-corrected chi connectivity index (χ1v) is 8.96. The van der Waals surface area contributed by atoms with Crippen molar-refractivity contribution in [2.45, 2.75) is 45.4 Å². The molecule has 17 heavy (non-hydrogen) atoms. The molecule has 4 nitrogen and oxygen atoms in total. The van der Waals surface area contributed by atoms with E-state index in [-0.39, 0.29) is 16.7 Å². The van der Waals surface area contributed by atoms with Gasteiger partial charge in [0, 0.05) is 5.75 Å². The number of nitrogens with one attached hydrogen (secondary N) is 1. The summed E-state index contributed by atoms with van der Waals surface area (Å²) in [6.07, 6.45) is 6.54. The van der Waals surface area contributed by atoms with E-state index < -0.39 is 9.84 Å². The molecule has 6 heteroatoms. The fourth-order valence-electron chi connectivity index (χ4n) is 1.48. The molecule has 0 saturated heterocycles. The second-order valence-corrected chi connectivity index (χ2v) is 7.57. The van der Waals surface area contributed by atoms with Crippen molar-refractivity contribution in [1.82, 2.24) is 0 Å². The Morgan fingerprint density at radius 3 is 2.29 bits per heavy atom.